The van der Waals surface area contributed by atoms with E-state index < -0.39 is 0 Å². The minimum absolute atomic E-state index is 0.568. The van der Waals surface area contributed by atoms with E-state index in [1.807, 2.05) is 36.0 Å². The first kappa shape index (κ1) is 14.1. The topological polar surface area (TPSA) is 62.9 Å². The van der Waals surface area contributed by atoms with E-state index in [1.165, 1.54) is 5.69 Å². The molecule has 0 atom stereocenters. The minimum Gasteiger partial charge on any atom is -0.495 e. The van der Waals surface area contributed by atoms with E-state index in [9.17, 15) is 0 Å². The van der Waals surface area contributed by atoms with E-state index in [-0.39, 0.29) is 0 Å². The van der Waals surface area contributed by atoms with Gasteiger partial charge in [-0.1, -0.05) is 6.07 Å². The number of hydrogen-bond donors (Lipinski definition) is 1. The number of nitriles is 1. The highest BCUT2D eigenvalue weighted by atomic mass is 16.5. The van der Waals surface area contributed by atoms with Crippen molar-refractivity contribution in [3.05, 3.63) is 47.3 Å². The zero-order valence-corrected chi connectivity index (χ0v) is 11.8. The van der Waals surface area contributed by atoms with Crippen LogP contribution in [0.3, 0.4) is 0 Å². The standard InChI is InChI=1S/C15H18N4O/c1-19-14(6-8-18-19)5-7-17-11-12-3-4-15(20-2)13(9-12)10-16/h3-4,6,8-9,17H,5,7,11H2,1-2H3. The SMILES string of the molecule is COc1ccc(CNCCc2ccnn2C)cc1C#N. The van der Waals surface area contributed by atoms with Crippen molar-refractivity contribution in [3.63, 3.8) is 0 Å². The summed E-state index contributed by atoms with van der Waals surface area (Å²) in [5.74, 6) is 0.617. The van der Waals surface area contributed by atoms with Crippen molar-refractivity contribution in [2.75, 3.05) is 13.7 Å². The van der Waals surface area contributed by atoms with Crippen LogP contribution in [0.15, 0.2) is 30.5 Å². The number of nitrogens with zero attached hydrogens (tertiary/aromatic N) is 3. The zero-order valence-electron chi connectivity index (χ0n) is 11.8. The summed E-state index contributed by atoms with van der Waals surface area (Å²) >= 11 is 0. The smallest absolute Gasteiger partial charge is 0.136 e. The van der Waals surface area contributed by atoms with Crippen molar-refractivity contribution in [2.24, 2.45) is 7.05 Å². The Morgan fingerprint density at radius 2 is 2.25 bits per heavy atom. The quantitative estimate of drug-likeness (QED) is 0.810. The molecule has 0 amide bonds. The Kier molecular flexibility index (Phi) is 4.75. The Bertz CT molecular complexity index is 613. The summed E-state index contributed by atoms with van der Waals surface area (Å²) in [5, 5.41) is 16.5. The lowest BCUT2D eigenvalue weighted by Gasteiger charge is -2.08. The molecule has 0 spiro atoms. The molecule has 1 aromatic carbocycles. The first-order chi connectivity index (χ1) is 9.74. The van der Waals surface area contributed by atoms with Gasteiger partial charge in [-0.3, -0.25) is 4.68 Å². The Morgan fingerprint density at radius 3 is 2.90 bits per heavy atom. The fourth-order valence-electron chi connectivity index (χ4n) is 2.05. The van der Waals surface area contributed by atoms with E-state index in [0.29, 0.717) is 11.3 Å². The molecule has 5 nitrogen and oxygen atoms in total. The van der Waals surface area contributed by atoms with Crippen LogP contribution in [0.25, 0.3) is 0 Å². The number of hydrogen-bond acceptors (Lipinski definition) is 4. The molecule has 0 fully saturated rings. The normalized spacial score (nSPS) is 10.2. The number of benzene rings is 1. The first-order valence-electron chi connectivity index (χ1n) is 6.49. The fourth-order valence-corrected chi connectivity index (χ4v) is 2.05. The van der Waals surface area contributed by atoms with Gasteiger partial charge in [-0.05, 0) is 23.8 Å². The van der Waals surface area contributed by atoms with Crippen LogP contribution < -0.4 is 10.1 Å². The third-order valence-corrected chi connectivity index (χ3v) is 3.19. The molecule has 0 saturated carbocycles. The lowest BCUT2D eigenvalue weighted by molar-refractivity contribution is 0.413. The molecule has 2 aromatic rings. The highest BCUT2D eigenvalue weighted by Gasteiger charge is 2.03. The molecule has 1 heterocycles. The second kappa shape index (κ2) is 6.73. The predicted octanol–water partition coefficient (Wildman–Crippen LogP) is 1.63. The van der Waals surface area contributed by atoms with Crippen LogP contribution in [0, 0.1) is 11.3 Å². The van der Waals surface area contributed by atoms with Gasteiger partial charge in [0, 0.05) is 38.4 Å². The van der Waals surface area contributed by atoms with Crippen molar-refractivity contribution in [3.8, 4) is 11.8 Å². The molecule has 104 valence electrons. The lowest BCUT2D eigenvalue weighted by atomic mass is 10.1. The summed E-state index contributed by atoms with van der Waals surface area (Å²) in [5.41, 5.74) is 2.84. The summed E-state index contributed by atoms with van der Waals surface area (Å²) in [6.45, 7) is 1.60. The van der Waals surface area contributed by atoms with E-state index in [2.05, 4.69) is 16.5 Å². The van der Waals surface area contributed by atoms with Crippen LogP contribution >= 0.6 is 0 Å². The molecule has 1 aromatic heterocycles. The Hall–Kier alpha value is -2.32. The van der Waals surface area contributed by atoms with E-state index in [1.54, 1.807) is 13.3 Å². The van der Waals surface area contributed by atoms with Crippen LogP contribution in [0.2, 0.25) is 0 Å². The van der Waals surface area contributed by atoms with Crippen LogP contribution in [0.5, 0.6) is 5.75 Å². The third kappa shape index (κ3) is 3.37. The molecule has 0 aliphatic heterocycles. The maximum Gasteiger partial charge on any atom is 0.136 e. The first-order valence-corrected chi connectivity index (χ1v) is 6.49. The molecule has 0 aliphatic carbocycles. The van der Waals surface area contributed by atoms with Crippen LogP contribution in [0.1, 0.15) is 16.8 Å². The number of aromatic nitrogens is 2. The molecule has 20 heavy (non-hydrogen) atoms. The maximum absolute atomic E-state index is 9.04. The minimum atomic E-state index is 0.568. The van der Waals surface area contributed by atoms with Crippen molar-refractivity contribution >= 4 is 0 Å². The maximum atomic E-state index is 9.04. The summed E-state index contributed by atoms with van der Waals surface area (Å²) in [6, 6.07) is 9.82. The van der Waals surface area contributed by atoms with Crippen molar-refractivity contribution in [1.82, 2.24) is 15.1 Å². The summed E-state index contributed by atoms with van der Waals surface area (Å²) in [7, 11) is 3.51. The molecule has 2 rings (SSSR count). The molecule has 0 unspecified atom stereocenters. The van der Waals surface area contributed by atoms with Gasteiger partial charge >= 0.3 is 0 Å². The Balaban J connectivity index is 1.85. The fraction of sp³-hybridized carbons (Fsp3) is 0.333. The molecule has 0 bridgehead atoms. The highest BCUT2D eigenvalue weighted by molar-refractivity contribution is 5.45. The Morgan fingerprint density at radius 1 is 1.40 bits per heavy atom. The van der Waals surface area contributed by atoms with Crippen molar-refractivity contribution in [1.29, 1.82) is 5.26 Å². The monoisotopic (exact) mass is 270 g/mol. The van der Waals surface area contributed by atoms with Gasteiger partial charge in [0.25, 0.3) is 0 Å². The molecule has 0 saturated heterocycles. The highest BCUT2D eigenvalue weighted by Crippen LogP contribution is 2.18. The number of nitrogens with one attached hydrogen (secondary N) is 1. The Labute approximate surface area is 118 Å². The predicted molar refractivity (Wildman–Crippen MR) is 76.3 cm³/mol. The number of ether oxygens (including phenoxy) is 1. The van der Waals surface area contributed by atoms with E-state index in [0.717, 1.165) is 25.1 Å². The van der Waals surface area contributed by atoms with Gasteiger partial charge < -0.3 is 10.1 Å². The lowest BCUT2D eigenvalue weighted by Crippen LogP contribution is -2.18. The summed E-state index contributed by atoms with van der Waals surface area (Å²) < 4.78 is 7.00. The summed E-state index contributed by atoms with van der Waals surface area (Å²) in [4.78, 5) is 0. The molecule has 5 heteroatoms. The summed E-state index contributed by atoms with van der Waals surface area (Å²) in [6.07, 6.45) is 2.73. The van der Waals surface area contributed by atoms with Gasteiger partial charge in [0.05, 0.1) is 12.7 Å². The second-order valence-electron chi connectivity index (χ2n) is 4.52. The van der Waals surface area contributed by atoms with Gasteiger partial charge in [0.2, 0.25) is 0 Å². The number of rotatable bonds is 6. The van der Waals surface area contributed by atoms with Gasteiger partial charge in [0.1, 0.15) is 11.8 Å². The van der Waals surface area contributed by atoms with Gasteiger partial charge in [-0.15, -0.1) is 0 Å². The van der Waals surface area contributed by atoms with E-state index >= 15 is 0 Å². The molecule has 0 radical (unpaired) electrons. The van der Waals surface area contributed by atoms with Crippen molar-refractivity contribution in [2.45, 2.75) is 13.0 Å². The average Bonchev–Trinajstić information content (AvgIpc) is 2.88. The van der Waals surface area contributed by atoms with Crippen LogP contribution in [-0.4, -0.2) is 23.4 Å². The largest absolute Gasteiger partial charge is 0.495 e. The molecular formula is C15H18N4O. The zero-order chi connectivity index (χ0) is 14.4. The third-order valence-electron chi connectivity index (χ3n) is 3.19. The number of aryl methyl sites for hydroxylation is 1. The van der Waals surface area contributed by atoms with Gasteiger partial charge in [-0.25, -0.2) is 0 Å². The second-order valence-corrected chi connectivity index (χ2v) is 4.52. The van der Waals surface area contributed by atoms with Crippen LogP contribution in [-0.2, 0) is 20.0 Å². The van der Waals surface area contributed by atoms with Crippen molar-refractivity contribution < 1.29 is 4.74 Å². The average molecular weight is 270 g/mol. The molecule has 1 N–H and O–H groups in total. The number of methoxy groups -OCH3 is 1. The molecule has 0 aliphatic rings. The molecular weight excluding hydrogens is 252 g/mol. The van der Waals surface area contributed by atoms with Gasteiger partial charge in [0.15, 0.2) is 0 Å². The van der Waals surface area contributed by atoms with E-state index in [4.69, 9.17) is 10.00 Å². The van der Waals surface area contributed by atoms with Crippen LogP contribution in [0.4, 0.5) is 0 Å². The van der Waals surface area contributed by atoms with Gasteiger partial charge in [-0.2, -0.15) is 10.4 Å².